The molecule has 0 bridgehead atoms. The SMILES string of the molecule is Cc1cc(Nc2ccc(-c3ccnc(C)c3)nn2)c2nc(-c3ccc(F)cc3)n(C)c2c1. The second-order valence-corrected chi connectivity index (χ2v) is 7.80. The van der Waals surface area contributed by atoms with Crippen LogP contribution in [0.3, 0.4) is 0 Å². The van der Waals surface area contributed by atoms with Crippen molar-refractivity contribution in [2.45, 2.75) is 13.8 Å². The molecule has 0 aliphatic rings. The quantitative estimate of drug-likeness (QED) is 0.407. The Morgan fingerprint density at radius 1 is 0.875 bits per heavy atom. The van der Waals surface area contributed by atoms with Crippen LogP contribution in [0.2, 0.25) is 0 Å². The number of nitrogens with one attached hydrogen (secondary N) is 1. The number of halogens is 1. The highest BCUT2D eigenvalue weighted by Gasteiger charge is 2.15. The Hall–Kier alpha value is -4.13. The molecule has 0 aliphatic carbocycles. The van der Waals surface area contributed by atoms with E-state index in [0.29, 0.717) is 5.82 Å². The zero-order valence-corrected chi connectivity index (χ0v) is 18.0. The molecule has 2 aromatic carbocycles. The van der Waals surface area contributed by atoms with Crippen molar-refractivity contribution in [2.24, 2.45) is 7.05 Å². The normalized spacial score (nSPS) is 11.1. The number of anilines is 2. The van der Waals surface area contributed by atoms with E-state index in [0.717, 1.165) is 50.6 Å². The van der Waals surface area contributed by atoms with Crippen LogP contribution in [0.25, 0.3) is 33.7 Å². The Bertz CT molecular complexity index is 1420. The van der Waals surface area contributed by atoms with Gasteiger partial charge in [-0.05, 0) is 80.1 Å². The maximum atomic E-state index is 13.4. The van der Waals surface area contributed by atoms with Crippen LogP contribution in [0.4, 0.5) is 15.9 Å². The summed E-state index contributed by atoms with van der Waals surface area (Å²) >= 11 is 0. The number of hydrogen-bond acceptors (Lipinski definition) is 5. The summed E-state index contributed by atoms with van der Waals surface area (Å²) in [6.07, 6.45) is 1.77. The summed E-state index contributed by atoms with van der Waals surface area (Å²) < 4.78 is 15.4. The lowest BCUT2D eigenvalue weighted by Crippen LogP contribution is -1.98. The van der Waals surface area contributed by atoms with Gasteiger partial charge in [-0.25, -0.2) is 9.37 Å². The van der Waals surface area contributed by atoms with Crippen LogP contribution in [0, 0.1) is 19.7 Å². The summed E-state index contributed by atoms with van der Waals surface area (Å²) in [5.41, 5.74) is 7.26. The molecule has 3 aromatic heterocycles. The first-order chi connectivity index (χ1) is 15.5. The number of rotatable bonds is 4. The van der Waals surface area contributed by atoms with Crippen molar-refractivity contribution in [1.82, 2.24) is 24.7 Å². The average molecular weight is 424 g/mol. The van der Waals surface area contributed by atoms with Gasteiger partial charge >= 0.3 is 0 Å². The van der Waals surface area contributed by atoms with Crippen molar-refractivity contribution in [3.05, 3.63) is 83.9 Å². The number of aromatic nitrogens is 5. The van der Waals surface area contributed by atoms with Gasteiger partial charge < -0.3 is 9.88 Å². The van der Waals surface area contributed by atoms with Crippen LogP contribution in [0.15, 0.2) is 66.9 Å². The summed E-state index contributed by atoms with van der Waals surface area (Å²) in [5.74, 6) is 1.12. The Labute approximate surface area is 184 Å². The van der Waals surface area contributed by atoms with E-state index in [2.05, 4.69) is 26.6 Å². The molecule has 0 amide bonds. The molecule has 158 valence electrons. The van der Waals surface area contributed by atoms with Gasteiger partial charge in [0.2, 0.25) is 0 Å². The molecule has 6 nitrogen and oxygen atoms in total. The highest BCUT2D eigenvalue weighted by atomic mass is 19.1. The molecule has 32 heavy (non-hydrogen) atoms. The van der Waals surface area contributed by atoms with Gasteiger partial charge in [0.1, 0.15) is 17.2 Å². The topological polar surface area (TPSA) is 68.5 Å². The summed E-state index contributed by atoms with van der Waals surface area (Å²) in [5, 5.41) is 12.1. The number of imidazole rings is 1. The Kier molecular flexibility index (Phi) is 4.86. The van der Waals surface area contributed by atoms with E-state index in [1.54, 1.807) is 18.3 Å². The lowest BCUT2D eigenvalue weighted by molar-refractivity contribution is 0.628. The fraction of sp³-hybridized carbons (Fsp3) is 0.120. The number of fused-ring (bicyclic) bond motifs is 1. The Morgan fingerprint density at radius 3 is 2.41 bits per heavy atom. The molecular formula is C25H21FN6. The fourth-order valence-electron chi connectivity index (χ4n) is 3.78. The van der Waals surface area contributed by atoms with Gasteiger partial charge in [0.05, 0.1) is 16.9 Å². The standard InChI is InChI=1S/C25H21FN6/c1-15-12-21(28-23-9-8-20(30-31-23)18-10-11-27-16(2)14-18)24-22(13-15)32(3)25(29-24)17-4-6-19(26)7-5-17/h4-14H,1-3H3,(H,28,31). The molecule has 5 aromatic rings. The summed E-state index contributed by atoms with van der Waals surface area (Å²) in [4.78, 5) is 9.07. The molecule has 0 saturated heterocycles. The number of aryl methyl sites for hydroxylation is 3. The van der Waals surface area contributed by atoms with Crippen LogP contribution in [-0.4, -0.2) is 24.7 Å². The second-order valence-electron chi connectivity index (χ2n) is 7.80. The molecule has 1 N–H and O–H groups in total. The van der Waals surface area contributed by atoms with Crippen molar-refractivity contribution in [3.8, 4) is 22.6 Å². The highest BCUT2D eigenvalue weighted by molar-refractivity contribution is 5.93. The molecule has 0 saturated carbocycles. The number of nitrogens with zero attached hydrogens (tertiary/aromatic N) is 5. The third-order valence-electron chi connectivity index (χ3n) is 5.35. The zero-order valence-electron chi connectivity index (χ0n) is 18.0. The van der Waals surface area contributed by atoms with E-state index in [9.17, 15) is 4.39 Å². The third kappa shape index (κ3) is 3.69. The Morgan fingerprint density at radius 2 is 1.69 bits per heavy atom. The molecule has 3 heterocycles. The first kappa shape index (κ1) is 19.8. The lowest BCUT2D eigenvalue weighted by atomic mass is 10.1. The first-order valence-corrected chi connectivity index (χ1v) is 10.2. The molecule has 7 heteroatoms. The van der Waals surface area contributed by atoms with Crippen molar-refractivity contribution >= 4 is 22.5 Å². The van der Waals surface area contributed by atoms with Crippen molar-refractivity contribution in [2.75, 3.05) is 5.32 Å². The van der Waals surface area contributed by atoms with Crippen LogP contribution in [0.1, 0.15) is 11.3 Å². The van der Waals surface area contributed by atoms with Gasteiger partial charge in [0.15, 0.2) is 5.82 Å². The monoisotopic (exact) mass is 424 g/mol. The minimum atomic E-state index is -0.269. The van der Waals surface area contributed by atoms with Crippen molar-refractivity contribution in [3.63, 3.8) is 0 Å². The molecule has 5 rings (SSSR count). The number of hydrogen-bond donors (Lipinski definition) is 1. The molecule has 0 atom stereocenters. The van der Waals surface area contributed by atoms with Crippen LogP contribution in [0.5, 0.6) is 0 Å². The molecule has 0 aliphatic heterocycles. The van der Waals surface area contributed by atoms with Crippen LogP contribution in [-0.2, 0) is 7.05 Å². The maximum absolute atomic E-state index is 13.4. The predicted octanol–water partition coefficient (Wildman–Crippen LogP) is 5.59. The van der Waals surface area contributed by atoms with Crippen molar-refractivity contribution in [1.29, 1.82) is 0 Å². The number of pyridine rings is 1. The minimum absolute atomic E-state index is 0.269. The van der Waals surface area contributed by atoms with E-state index in [1.807, 2.05) is 55.8 Å². The average Bonchev–Trinajstić information content (AvgIpc) is 3.11. The van der Waals surface area contributed by atoms with Crippen LogP contribution >= 0.6 is 0 Å². The van der Waals surface area contributed by atoms with Crippen molar-refractivity contribution < 1.29 is 4.39 Å². The fourth-order valence-corrected chi connectivity index (χ4v) is 3.78. The maximum Gasteiger partial charge on any atom is 0.153 e. The molecule has 0 unspecified atom stereocenters. The zero-order chi connectivity index (χ0) is 22.2. The minimum Gasteiger partial charge on any atom is -0.337 e. The largest absolute Gasteiger partial charge is 0.337 e. The second kappa shape index (κ2) is 7.85. The van der Waals surface area contributed by atoms with E-state index < -0.39 is 0 Å². The Balaban J connectivity index is 1.51. The van der Waals surface area contributed by atoms with Gasteiger partial charge in [0.25, 0.3) is 0 Å². The first-order valence-electron chi connectivity index (χ1n) is 10.2. The lowest BCUT2D eigenvalue weighted by Gasteiger charge is -2.08. The van der Waals surface area contributed by atoms with Gasteiger partial charge in [-0.15, -0.1) is 10.2 Å². The van der Waals surface area contributed by atoms with E-state index in [4.69, 9.17) is 4.98 Å². The molecule has 0 spiro atoms. The predicted molar refractivity (Wildman–Crippen MR) is 124 cm³/mol. The third-order valence-corrected chi connectivity index (χ3v) is 5.35. The smallest absolute Gasteiger partial charge is 0.153 e. The van der Waals surface area contributed by atoms with Gasteiger partial charge in [-0.3, -0.25) is 4.98 Å². The van der Waals surface area contributed by atoms with Gasteiger partial charge in [0, 0.05) is 30.1 Å². The van der Waals surface area contributed by atoms with Gasteiger partial charge in [-0.1, -0.05) is 0 Å². The highest BCUT2D eigenvalue weighted by Crippen LogP contribution is 2.31. The number of benzene rings is 2. The van der Waals surface area contributed by atoms with E-state index in [-0.39, 0.29) is 5.82 Å². The summed E-state index contributed by atoms with van der Waals surface area (Å²) in [6, 6.07) is 18.2. The van der Waals surface area contributed by atoms with E-state index >= 15 is 0 Å². The molecular weight excluding hydrogens is 403 g/mol. The van der Waals surface area contributed by atoms with Crippen LogP contribution < -0.4 is 5.32 Å². The molecule has 0 fully saturated rings. The summed E-state index contributed by atoms with van der Waals surface area (Å²) in [7, 11) is 1.96. The molecule has 0 radical (unpaired) electrons. The summed E-state index contributed by atoms with van der Waals surface area (Å²) in [6.45, 7) is 3.98. The van der Waals surface area contributed by atoms with E-state index in [1.165, 1.54) is 12.1 Å². The van der Waals surface area contributed by atoms with Gasteiger partial charge in [-0.2, -0.15) is 0 Å².